The molecule has 16 heavy (non-hydrogen) atoms. The lowest BCUT2D eigenvalue weighted by atomic mass is 10.0. The summed E-state index contributed by atoms with van der Waals surface area (Å²) in [4.78, 5) is 11.6. The summed E-state index contributed by atoms with van der Waals surface area (Å²) in [6.45, 7) is 1.76. The SMILES string of the molecule is CC(O)(C(=O)OCc1ccccc1)C1CC1. The van der Waals surface area contributed by atoms with Crippen LogP contribution in [0.5, 0.6) is 0 Å². The summed E-state index contributed by atoms with van der Waals surface area (Å²) in [7, 11) is 0. The molecule has 1 unspecified atom stereocenters. The zero-order valence-electron chi connectivity index (χ0n) is 9.35. The number of hydrogen-bond donors (Lipinski definition) is 1. The quantitative estimate of drug-likeness (QED) is 0.788. The van der Waals surface area contributed by atoms with Gasteiger partial charge in [0.2, 0.25) is 0 Å². The van der Waals surface area contributed by atoms with E-state index in [2.05, 4.69) is 0 Å². The van der Waals surface area contributed by atoms with Gasteiger partial charge in [-0.2, -0.15) is 0 Å². The normalized spacial score (nSPS) is 18.9. The van der Waals surface area contributed by atoms with Gasteiger partial charge in [-0.1, -0.05) is 30.3 Å². The van der Waals surface area contributed by atoms with Crippen LogP contribution in [-0.4, -0.2) is 16.7 Å². The Balaban J connectivity index is 1.88. The molecule has 0 saturated heterocycles. The average Bonchev–Trinajstić information content (AvgIpc) is 3.11. The zero-order chi connectivity index (χ0) is 11.6. The van der Waals surface area contributed by atoms with Crippen LogP contribution in [0.15, 0.2) is 30.3 Å². The lowest BCUT2D eigenvalue weighted by Gasteiger charge is -2.20. The predicted octanol–water partition coefficient (Wildman–Crippen LogP) is 1.89. The fraction of sp³-hybridized carbons (Fsp3) is 0.462. The van der Waals surface area contributed by atoms with Gasteiger partial charge in [0.1, 0.15) is 6.61 Å². The molecule has 1 saturated carbocycles. The first-order chi connectivity index (χ1) is 7.60. The molecule has 1 atom stereocenters. The molecule has 1 aliphatic carbocycles. The van der Waals surface area contributed by atoms with Crippen molar-refractivity contribution in [2.24, 2.45) is 5.92 Å². The average molecular weight is 220 g/mol. The third kappa shape index (κ3) is 2.42. The van der Waals surface area contributed by atoms with E-state index in [0.29, 0.717) is 0 Å². The van der Waals surface area contributed by atoms with Crippen molar-refractivity contribution < 1.29 is 14.6 Å². The maximum atomic E-state index is 11.6. The summed E-state index contributed by atoms with van der Waals surface area (Å²) in [5, 5.41) is 9.93. The van der Waals surface area contributed by atoms with E-state index in [1.54, 1.807) is 0 Å². The largest absolute Gasteiger partial charge is 0.459 e. The monoisotopic (exact) mass is 220 g/mol. The van der Waals surface area contributed by atoms with Crippen LogP contribution in [0.3, 0.4) is 0 Å². The van der Waals surface area contributed by atoms with Crippen molar-refractivity contribution in [2.45, 2.75) is 32.0 Å². The first-order valence-electron chi connectivity index (χ1n) is 5.54. The highest BCUT2D eigenvalue weighted by Gasteiger charge is 2.46. The van der Waals surface area contributed by atoms with Crippen molar-refractivity contribution in [1.29, 1.82) is 0 Å². The summed E-state index contributed by atoms with van der Waals surface area (Å²) < 4.78 is 5.11. The Bertz CT molecular complexity index is 366. The van der Waals surface area contributed by atoms with Gasteiger partial charge in [-0.15, -0.1) is 0 Å². The zero-order valence-corrected chi connectivity index (χ0v) is 9.35. The fourth-order valence-electron chi connectivity index (χ4n) is 1.68. The first kappa shape index (κ1) is 11.1. The van der Waals surface area contributed by atoms with E-state index in [-0.39, 0.29) is 12.5 Å². The fourth-order valence-corrected chi connectivity index (χ4v) is 1.68. The topological polar surface area (TPSA) is 46.5 Å². The second kappa shape index (κ2) is 4.26. The van der Waals surface area contributed by atoms with Gasteiger partial charge in [0.25, 0.3) is 0 Å². The van der Waals surface area contributed by atoms with Crippen molar-refractivity contribution in [2.75, 3.05) is 0 Å². The highest BCUT2D eigenvalue weighted by Crippen LogP contribution is 2.40. The van der Waals surface area contributed by atoms with E-state index >= 15 is 0 Å². The van der Waals surface area contributed by atoms with Gasteiger partial charge in [0.05, 0.1) is 0 Å². The molecular formula is C13H16O3. The summed E-state index contributed by atoms with van der Waals surface area (Å²) in [5.41, 5.74) is -0.378. The number of carbonyl (C=O) groups excluding carboxylic acids is 1. The van der Waals surface area contributed by atoms with Crippen LogP contribution in [0.25, 0.3) is 0 Å². The third-order valence-corrected chi connectivity index (χ3v) is 3.00. The minimum atomic E-state index is -1.31. The highest BCUT2D eigenvalue weighted by atomic mass is 16.5. The number of ether oxygens (including phenoxy) is 1. The summed E-state index contributed by atoms with van der Waals surface area (Å²) in [6.07, 6.45) is 1.82. The minimum absolute atomic E-state index is 0.0794. The molecule has 1 aromatic rings. The highest BCUT2D eigenvalue weighted by molar-refractivity contribution is 5.79. The molecule has 1 fully saturated rings. The van der Waals surface area contributed by atoms with Crippen molar-refractivity contribution >= 4 is 5.97 Å². The van der Waals surface area contributed by atoms with Crippen LogP contribution in [-0.2, 0) is 16.1 Å². The number of benzene rings is 1. The Labute approximate surface area is 95.0 Å². The third-order valence-electron chi connectivity index (χ3n) is 3.00. The minimum Gasteiger partial charge on any atom is -0.459 e. The molecule has 0 amide bonds. The van der Waals surface area contributed by atoms with E-state index in [4.69, 9.17) is 4.74 Å². The van der Waals surface area contributed by atoms with Crippen LogP contribution >= 0.6 is 0 Å². The summed E-state index contributed by atoms with van der Waals surface area (Å²) >= 11 is 0. The van der Waals surface area contributed by atoms with Crippen molar-refractivity contribution in [3.63, 3.8) is 0 Å². The van der Waals surface area contributed by atoms with E-state index in [1.807, 2.05) is 30.3 Å². The van der Waals surface area contributed by atoms with Gasteiger partial charge in [-0.25, -0.2) is 4.79 Å². The molecule has 0 heterocycles. The smallest absolute Gasteiger partial charge is 0.338 e. The molecule has 3 nitrogen and oxygen atoms in total. The predicted molar refractivity (Wildman–Crippen MR) is 59.6 cm³/mol. The number of aliphatic hydroxyl groups is 1. The van der Waals surface area contributed by atoms with Gasteiger partial charge in [0.15, 0.2) is 5.60 Å². The molecule has 1 aromatic carbocycles. The second-order valence-electron chi connectivity index (χ2n) is 4.48. The molecule has 1 N–H and O–H groups in total. The molecular weight excluding hydrogens is 204 g/mol. The maximum Gasteiger partial charge on any atom is 0.338 e. The van der Waals surface area contributed by atoms with Gasteiger partial charge in [-0.05, 0) is 31.2 Å². The molecule has 0 aromatic heterocycles. The second-order valence-corrected chi connectivity index (χ2v) is 4.48. The summed E-state index contributed by atoms with van der Waals surface area (Å²) in [5.74, 6) is -0.436. The van der Waals surface area contributed by atoms with Gasteiger partial charge >= 0.3 is 5.97 Å². The van der Waals surface area contributed by atoms with Gasteiger partial charge in [-0.3, -0.25) is 0 Å². The van der Waals surface area contributed by atoms with Crippen LogP contribution in [0, 0.1) is 5.92 Å². The molecule has 3 heteroatoms. The maximum absolute atomic E-state index is 11.6. The van der Waals surface area contributed by atoms with Gasteiger partial charge in [0, 0.05) is 0 Å². The summed E-state index contributed by atoms with van der Waals surface area (Å²) in [6, 6.07) is 9.47. The van der Waals surface area contributed by atoms with Gasteiger partial charge < -0.3 is 9.84 Å². The molecule has 0 bridgehead atoms. The number of esters is 1. The van der Waals surface area contributed by atoms with E-state index in [0.717, 1.165) is 18.4 Å². The van der Waals surface area contributed by atoms with Crippen LogP contribution in [0.1, 0.15) is 25.3 Å². The molecule has 1 aliphatic rings. The van der Waals surface area contributed by atoms with Crippen LogP contribution in [0.2, 0.25) is 0 Å². The van der Waals surface area contributed by atoms with Crippen molar-refractivity contribution in [1.82, 2.24) is 0 Å². The molecule has 0 spiro atoms. The number of carbonyl (C=O) groups is 1. The molecule has 86 valence electrons. The van der Waals surface area contributed by atoms with E-state index in [1.165, 1.54) is 6.92 Å². The Morgan fingerprint density at radius 2 is 2.06 bits per heavy atom. The molecule has 0 aliphatic heterocycles. The van der Waals surface area contributed by atoms with E-state index < -0.39 is 11.6 Å². The lowest BCUT2D eigenvalue weighted by molar-refractivity contribution is -0.167. The van der Waals surface area contributed by atoms with Crippen LogP contribution in [0.4, 0.5) is 0 Å². The Hall–Kier alpha value is -1.35. The van der Waals surface area contributed by atoms with Crippen LogP contribution < -0.4 is 0 Å². The Kier molecular flexibility index (Phi) is 2.97. The van der Waals surface area contributed by atoms with E-state index in [9.17, 15) is 9.90 Å². The lowest BCUT2D eigenvalue weighted by Crippen LogP contribution is -2.38. The number of hydrogen-bond acceptors (Lipinski definition) is 3. The molecule has 0 radical (unpaired) electrons. The molecule has 2 rings (SSSR count). The number of rotatable bonds is 4. The van der Waals surface area contributed by atoms with Crippen molar-refractivity contribution in [3.05, 3.63) is 35.9 Å². The Morgan fingerprint density at radius 3 is 2.62 bits per heavy atom. The Morgan fingerprint density at radius 1 is 1.44 bits per heavy atom. The van der Waals surface area contributed by atoms with Crippen molar-refractivity contribution in [3.8, 4) is 0 Å². The first-order valence-corrected chi connectivity index (χ1v) is 5.54. The standard InChI is InChI=1S/C13H16O3/c1-13(15,11-7-8-11)12(14)16-9-10-5-3-2-4-6-10/h2-6,11,15H,7-9H2,1H3.